The van der Waals surface area contributed by atoms with E-state index in [4.69, 9.17) is 9.47 Å². The third kappa shape index (κ3) is 3.43. The van der Waals surface area contributed by atoms with E-state index in [-0.39, 0.29) is 11.9 Å². The minimum Gasteiger partial charge on any atom is -0.493 e. The van der Waals surface area contributed by atoms with Gasteiger partial charge in [-0.1, -0.05) is 24.8 Å². The monoisotopic (exact) mass is 344 g/mol. The molecule has 1 aromatic carbocycles. The zero-order chi connectivity index (χ0) is 16.9. The lowest BCUT2D eigenvalue weighted by Gasteiger charge is -2.30. The molecule has 0 radical (unpaired) electrons. The maximum atomic E-state index is 12.5. The molecule has 5 nitrogen and oxygen atoms in total. The number of carbonyl (C=O) groups excluding carboxylic acids is 1. The van der Waals surface area contributed by atoms with Crippen LogP contribution in [0.3, 0.4) is 0 Å². The third-order valence-electron chi connectivity index (χ3n) is 4.06. The van der Waals surface area contributed by atoms with E-state index in [2.05, 4.69) is 11.0 Å². The topological polar surface area (TPSA) is 51.7 Å². The molecule has 0 bridgehead atoms. The Hall–Kier alpha value is -2.34. The summed E-state index contributed by atoms with van der Waals surface area (Å²) in [5.41, 5.74) is 1.04. The summed E-state index contributed by atoms with van der Waals surface area (Å²) in [6.45, 7) is 4.80. The van der Waals surface area contributed by atoms with E-state index >= 15 is 0 Å². The van der Waals surface area contributed by atoms with Crippen molar-refractivity contribution < 1.29 is 14.3 Å². The molecule has 24 heavy (non-hydrogen) atoms. The zero-order valence-electron chi connectivity index (χ0n) is 13.6. The summed E-state index contributed by atoms with van der Waals surface area (Å²) in [5.74, 6) is 1.33. The summed E-state index contributed by atoms with van der Waals surface area (Å²) in [4.78, 5) is 15.4. The van der Waals surface area contributed by atoms with E-state index < -0.39 is 0 Å². The predicted octanol–water partition coefficient (Wildman–Crippen LogP) is 3.58. The van der Waals surface area contributed by atoms with Gasteiger partial charge in [-0.15, -0.1) is 0 Å². The molecule has 3 rings (SSSR count). The number of benzene rings is 1. The van der Waals surface area contributed by atoms with Crippen LogP contribution in [0.2, 0.25) is 0 Å². The van der Waals surface area contributed by atoms with Gasteiger partial charge in [-0.2, -0.15) is 4.37 Å². The Morgan fingerprint density at radius 3 is 3.12 bits per heavy atom. The molecule has 6 heteroatoms. The molecule has 1 amide bonds. The Kier molecular flexibility index (Phi) is 5.15. The summed E-state index contributed by atoms with van der Waals surface area (Å²) in [7, 11) is 1.59. The van der Waals surface area contributed by atoms with Crippen LogP contribution in [0.5, 0.6) is 11.6 Å². The molecule has 0 aliphatic carbocycles. The first-order chi connectivity index (χ1) is 11.7. The molecule has 126 valence electrons. The van der Waals surface area contributed by atoms with Gasteiger partial charge in [0.15, 0.2) is 0 Å². The van der Waals surface area contributed by atoms with Gasteiger partial charge in [-0.3, -0.25) is 4.79 Å². The number of fused-ring (bicyclic) bond motifs is 1. The summed E-state index contributed by atoms with van der Waals surface area (Å²) in [6, 6.07) is 9.75. The molecular formula is C18H20N2O3S. The standard InChI is InChI=1S/C18H20N2O3S/c1-3-18(21)20(12-13-11-17(22-2)19-24-13)15-8-6-10-23-16-9-5-4-7-14(15)16/h3-5,7,9,11,15H,1,6,8,10,12H2,2H3. The van der Waals surface area contributed by atoms with Crippen LogP contribution >= 0.6 is 11.5 Å². The van der Waals surface area contributed by atoms with Crippen molar-refractivity contribution in [2.75, 3.05) is 13.7 Å². The number of hydrogen-bond donors (Lipinski definition) is 0. The highest BCUT2D eigenvalue weighted by atomic mass is 32.1. The number of ether oxygens (including phenoxy) is 2. The summed E-state index contributed by atoms with van der Waals surface area (Å²) in [5, 5.41) is 0. The lowest BCUT2D eigenvalue weighted by Crippen LogP contribution is -2.32. The second kappa shape index (κ2) is 7.49. The van der Waals surface area contributed by atoms with Gasteiger partial charge in [0, 0.05) is 16.5 Å². The number of methoxy groups -OCH3 is 1. The fourth-order valence-electron chi connectivity index (χ4n) is 2.92. The number of nitrogens with zero attached hydrogens (tertiary/aromatic N) is 2. The highest BCUT2D eigenvalue weighted by Crippen LogP contribution is 2.36. The molecule has 1 aromatic heterocycles. The van der Waals surface area contributed by atoms with Crippen molar-refractivity contribution in [1.29, 1.82) is 0 Å². The van der Waals surface area contributed by atoms with E-state index in [1.165, 1.54) is 17.6 Å². The maximum Gasteiger partial charge on any atom is 0.246 e. The first kappa shape index (κ1) is 16.5. The van der Waals surface area contributed by atoms with Crippen LogP contribution in [-0.2, 0) is 11.3 Å². The molecule has 2 aromatic rings. The second-order valence-corrected chi connectivity index (χ2v) is 6.44. The fourth-order valence-corrected chi connectivity index (χ4v) is 3.60. The number of carbonyl (C=O) groups is 1. The lowest BCUT2D eigenvalue weighted by atomic mass is 10.00. The van der Waals surface area contributed by atoms with Crippen molar-refractivity contribution in [2.24, 2.45) is 0 Å². The van der Waals surface area contributed by atoms with Gasteiger partial charge in [0.25, 0.3) is 0 Å². The molecule has 1 aliphatic heterocycles. The minimum absolute atomic E-state index is 0.0395. The van der Waals surface area contributed by atoms with E-state index in [0.717, 1.165) is 29.0 Å². The van der Waals surface area contributed by atoms with Crippen LogP contribution in [0.25, 0.3) is 0 Å². The molecule has 0 saturated carbocycles. The zero-order valence-corrected chi connectivity index (χ0v) is 14.4. The molecule has 2 heterocycles. The van der Waals surface area contributed by atoms with Crippen LogP contribution in [0, 0.1) is 0 Å². The Labute approximate surface area is 145 Å². The van der Waals surface area contributed by atoms with Gasteiger partial charge in [-0.05, 0) is 36.5 Å². The normalized spacial score (nSPS) is 16.5. The first-order valence-electron chi connectivity index (χ1n) is 7.87. The Bertz CT molecular complexity index is 729. The molecule has 1 aliphatic rings. The van der Waals surface area contributed by atoms with Crippen molar-refractivity contribution in [1.82, 2.24) is 9.27 Å². The Morgan fingerprint density at radius 2 is 2.38 bits per heavy atom. The Morgan fingerprint density at radius 1 is 1.54 bits per heavy atom. The Balaban J connectivity index is 1.93. The van der Waals surface area contributed by atoms with Crippen molar-refractivity contribution >= 4 is 17.4 Å². The van der Waals surface area contributed by atoms with Crippen LogP contribution in [0.15, 0.2) is 43.0 Å². The minimum atomic E-state index is -0.0935. The van der Waals surface area contributed by atoms with Crippen LogP contribution in [0.1, 0.15) is 29.3 Å². The fraction of sp³-hybridized carbons (Fsp3) is 0.333. The average molecular weight is 344 g/mol. The largest absolute Gasteiger partial charge is 0.493 e. The third-order valence-corrected chi connectivity index (χ3v) is 4.82. The number of hydrogen-bond acceptors (Lipinski definition) is 5. The van der Waals surface area contributed by atoms with Crippen molar-refractivity contribution in [2.45, 2.75) is 25.4 Å². The summed E-state index contributed by atoms with van der Waals surface area (Å²) in [6.07, 6.45) is 3.12. The second-order valence-electron chi connectivity index (χ2n) is 5.55. The summed E-state index contributed by atoms with van der Waals surface area (Å²) >= 11 is 1.35. The van der Waals surface area contributed by atoms with Crippen molar-refractivity contribution in [3.63, 3.8) is 0 Å². The molecule has 0 fully saturated rings. The maximum absolute atomic E-state index is 12.5. The van der Waals surface area contributed by atoms with Gasteiger partial charge in [0.1, 0.15) is 5.75 Å². The predicted molar refractivity (Wildman–Crippen MR) is 93.3 cm³/mol. The first-order valence-corrected chi connectivity index (χ1v) is 8.64. The van der Waals surface area contributed by atoms with Gasteiger partial charge < -0.3 is 14.4 Å². The number of para-hydroxylation sites is 1. The molecular weight excluding hydrogens is 324 g/mol. The molecule has 0 spiro atoms. The smallest absolute Gasteiger partial charge is 0.246 e. The highest BCUT2D eigenvalue weighted by Gasteiger charge is 2.28. The molecule has 0 saturated heterocycles. The van der Waals surface area contributed by atoms with Crippen molar-refractivity contribution in [3.8, 4) is 11.6 Å². The van der Waals surface area contributed by atoms with Crippen LogP contribution < -0.4 is 9.47 Å². The van der Waals surface area contributed by atoms with Gasteiger partial charge in [-0.25, -0.2) is 0 Å². The van der Waals surface area contributed by atoms with Gasteiger partial charge >= 0.3 is 0 Å². The van der Waals surface area contributed by atoms with E-state index in [1.54, 1.807) is 7.11 Å². The van der Waals surface area contributed by atoms with Crippen LogP contribution in [0.4, 0.5) is 0 Å². The van der Waals surface area contributed by atoms with Crippen molar-refractivity contribution in [3.05, 3.63) is 53.4 Å². The quantitative estimate of drug-likeness (QED) is 0.778. The van der Waals surface area contributed by atoms with E-state index in [1.807, 2.05) is 35.2 Å². The van der Waals surface area contributed by atoms with Gasteiger partial charge in [0.05, 0.1) is 26.3 Å². The van der Waals surface area contributed by atoms with E-state index in [9.17, 15) is 4.79 Å². The molecule has 1 atom stereocenters. The van der Waals surface area contributed by atoms with E-state index in [0.29, 0.717) is 19.0 Å². The molecule has 0 N–H and O–H groups in total. The van der Waals surface area contributed by atoms with Gasteiger partial charge in [0.2, 0.25) is 11.8 Å². The molecule has 1 unspecified atom stereocenters. The summed E-state index contributed by atoms with van der Waals surface area (Å²) < 4.78 is 15.2. The SMILES string of the molecule is C=CC(=O)N(Cc1cc(OC)ns1)C1CCCOc2ccccc21. The average Bonchev–Trinajstić information content (AvgIpc) is 2.97. The number of rotatable bonds is 5. The number of aromatic nitrogens is 1. The highest BCUT2D eigenvalue weighted by molar-refractivity contribution is 7.05. The van der Waals surface area contributed by atoms with Crippen LogP contribution in [-0.4, -0.2) is 28.9 Å². The number of amides is 1. The lowest BCUT2D eigenvalue weighted by molar-refractivity contribution is -0.129.